The molecule has 1 aliphatic heterocycles. The van der Waals surface area contributed by atoms with E-state index in [1.165, 1.54) is 4.90 Å². The van der Waals surface area contributed by atoms with Crippen molar-refractivity contribution in [2.45, 2.75) is 32.0 Å². The number of nitriles is 1. The summed E-state index contributed by atoms with van der Waals surface area (Å²) in [6, 6.07) is 16.7. The molecule has 7 heteroatoms. The first-order valence-corrected chi connectivity index (χ1v) is 9.80. The van der Waals surface area contributed by atoms with Gasteiger partial charge in [-0.3, -0.25) is 9.69 Å². The number of rotatable bonds is 5. The number of nitrogens with one attached hydrogen (secondary N) is 1. The van der Waals surface area contributed by atoms with Crippen LogP contribution in [0, 0.1) is 17.2 Å². The molecule has 0 bridgehead atoms. The molecule has 0 saturated carbocycles. The number of likely N-dealkylation sites (tertiary alicyclic amines) is 1. The maximum atomic E-state index is 12.9. The van der Waals surface area contributed by atoms with Crippen LogP contribution in [0.5, 0.6) is 0 Å². The molecule has 1 saturated heterocycles. The fraction of sp³-hybridized carbons (Fsp3) is 0.318. The van der Waals surface area contributed by atoms with Crippen molar-refractivity contribution in [3.63, 3.8) is 0 Å². The third kappa shape index (κ3) is 5.07. The van der Waals surface area contributed by atoms with Crippen LogP contribution in [-0.2, 0) is 16.1 Å². The molecule has 29 heavy (non-hydrogen) atoms. The largest absolute Gasteiger partial charge is 0.445 e. The maximum absolute atomic E-state index is 12.9. The summed E-state index contributed by atoms with van der Waals surface area (Å²) in [6.07, 6.45) is 0.155. The minimum atomic E-state index is -0.851. The first kappa shape index (κ1) is 20.7. The number of hydrogen-bond acceptors (Lipinski definition) is 4. The minimum absolute atomic E-state index is 0.0435. The SMILES string of the molecule is C[C@@H]1CCN(C(=O)OCc2ccccc2)[C@@H]1C(=O)NC(C#N)c1cccc(Cl)c1. The number of ether oxygens (including phenoxy) is 1. The molecule has 1 aliphatic rings. The van der Waals surface area contributed by atoms with Gasteiger partial charge in [-0.2, -0.15) is 5.26 Å². The van der Waals surface area contributed by atoms with Gasteiger partial charge in [-0.15, -0.1) is 0 Å². The van der Waals surface area contributed by atoms with Crippen molar-refractivity contribution in [3.05, 3.63) is 70.7 Å². The summed E-state index contributed by atoms with van der Waals surface area (Å²) in [4.78, 5) is 27.0. The first-order valence-electron chi connectivity index (χ1n) is 9.42. The number of amides is 2. The smallest absolute Gasteiger partial charge is 0.410 e. The highest BCUT2D eigenvalue weighted by atomic mass is 35.5. The van der Waals surface area contributed by atoms with Gasteiger partial charge in [0.25, 0.3) is 0 Å². The highest BCUT2D eigenvalue weighted by molar-refractivity contribution is 6.30. The van der Waals surface area contributed by atoms with E-state index in [0.717, 1.165) is 5.56 Å². The van der Waals surface area contributed by atoms with Crippen LogP contribution in [0.15, 0.2) is 54.6 Å². The van der Waals surface area contributed by atoms with Gasteiger partial charge in [-0.05, 0) is 35.6 Å². The van der Waals surface area contributed by atoms with Crippen molar-refractivity contribution in [2.75, 3.05) is 6.54 Å². The molecule has 0 aliphatic carbocycles. The maximum Gasteiger partial charge on any atom is 0.410 e. The molecular formula is C22H22ClN3O3. The molecule has 0 spiro atoms. The lowest BCUT2D eigenvalue weighted by Crippen LogP contribution is -2.49. The molecule has 1 unspecified atom stereocenters. The van der Waals surface area contributed by atoms with E-state index in [4.69, 9.17) is 16.3 Å². The molecule has 2 aromatic rings. The zero-order chi connectivity index (χ0) is 20.8. The van der Waals surface area contributed by atoms with Crippen LogP contribution < -0.4 is 5.32 Å². The van der Waals surface area contributed by atoms with Crippen LogP contribution in [0.4, 0.5) is 4.79 Å². The topological polar surface area (TPSA) is 82.4 Å². The summed E-state index contributed by atoms with van der Waals surface area (Å²) >= 11 is 5.99. The van der Waals surface area contributed by atoms with Gasteiger partial charge in [0.15, 0.2) is 0 Å². The summed E-state index contributed by atoms with van der Waals surface area (Å²) < 4.78 is 5.40. The third-order valence-electron chi connectivity index (χ3n) is 5.01. The Hall–Kier alpha value is -3.04. The minimum Gasteiger partial charge on any atom is -0.445 e. The highest BCUT2D eigenvalue weighted by Crippen LogP contribution is 2.26. The van der Waals surface area contributed by atoms with Crippen molar-refractivity contribution >= 4 is 23.6 Å². The van der Waals surface area contributed by atoms with E-state index >= 15 is 0 Å². The molecule has 0 radical (unpaired) electrons. The Morgan fingerprint density at radius 1 is 1.28 bits per heavy atom. The van der Waals surface area contributed by atoms with Gasteiger partial charge >= 0.3 is 6.09 Å². The number of halogens is 1. The van der Waals surface area contributed by atoms with Crippen LogP contribution in [0.1, 0.15) is 30.5 Å². The first-order chi connectivity index (χ1) is 14.0. The third-order valence-corrected chi connectivity index (χ3v) is 5.24. The van der Waals surface area contributed by atoms with Crippen LogP contribution in [-0.4, -0.2) is 29.5 Å². The average Bonchev–Trinajstić information content (AvgIpc) is 3.12. The Bertz CT molecular complexity index is 913. The normalized spacial score (nSPS) is 19.3. The van der Waals surface area contributed by atoms with Gasteiger partial charge < -0.3 is 10.1 Å². The van der Waals surface area contributed by atoms with Crippen LogP contribution in [0.3, 0.4) is 0 Å². The van der Waals surface area contributed by atoms with Gasteiger partial charge in [0.05, 0.1) is 6.07 Å². The van der Waals surface area contributed by atoms with Gasteiger partial charge in [0.2, 0.25) is 5.91 Å². The Kier molecular flexibility index (Phi) is 6.73. The lowest BCUT2D eigenvalue weighted by atomic mass is 10.0. The highest BCUT2D eigenvalue weighted by Gasteiger charge is 2.41. The number of carbonyl (C=O) groups is 2. The monoisotopic (exact) mass is 411 g/mol. The molecule has 1 heterocycles. The predicted molar refractivity (Wildman–Crippen MR) is 109 cm³/mol. The van der Waals surface area contributed by atoms with E-state index in [1.807, 2.05) is 37.3 Å². The summed E-state index contributed by atoms with van der Waals surface area (Å²) in [5, 5.41) is 12.7. The standard InChI is InChI=1S/C22H22ClN3O3/c1-15-10-11-26(22(28)29-14-16-6-3-2-4-7-16)20(15)21(27)25-19(13-24)17-8-5-9-18(23)12-17/h2-9,12,15,19-20H,10-11,14H2,1H3,(H,25,27)/t15-,19?,20+/m1/s1. The van der Waals surface area contributed by atoms with E-state index in [2.05, 4.69) is 11.4 Å². The number of benzene rings is 2. The van der Waals surface area contributed by atoms with E-state index < -0.39 is 18.2 Å². The van der Waals surface area contributed by atoms with Crippen molar-refractivity contribution < 1.29 is 14.3 Å². The predicted octanol–water partition coefficient (Wildman–Crippen LogP) is 4.07. The molecule has 3 atom stereocenters. The Balaban J connectivity index is 1.67. The van der Waals surface area contributed by atoms with E-state index in [1.54, 1.807) is 24.3 Å². The fourth-order valence-corrected chi connectivity index (χ4v) is 3.66. The van der Waals surface area contributed by atoms with Crippen molar-refractivity contribution in [2.24, 2.45) is 5.92 Å². The Morgan fingerprint density at radius 3 is 2.72 bits per heavy atom. The zero-order valence-electron chi connectivity index (χ0n) is 16.0. The molecule has 0 aromatic heterocycles. The van der Waals surface area contributed by atoms with E-state index in [-0.39, 0.29) is 18.4 Å². The van der Waals surface area contributed by atoms with Gasteiger partial charge in [-0.25, -0.2) is 4.79 Å². The number of nitrogens with zero attached hydrogens (tertiary/aromatic N) is 2. The molecule has 3 rings (SSSR count). The van der Waals surface area contributed by atoms with Gasteiger partial charge in [0.1, 0.15) is 18.7 Å². The quantitative estimate of drug-likeness (QED) is 0.803. The average molecular weight is 412 g/mol. The second kappa shape index (κ2) is 9.44. The number of hydrogen-bond donors (Lipinski definition) is 1. The Labute approximate surface area is 175 Å². The summed E-state index contributed by atoms with van der Waals surface area (Å²) in [7, 11) is 0. The summed E-state index contributed by atoms with van der Waals surface area (Å²) in [5.41, 5.74) is 1.47. The van der Waals surface area contributed by atoms with Crippen LogP contribution in [0.2, 0.25) is 5.02 Å². The Morgan fingerprint density at radius 2 is 2.03 bits per heavy atom. The molecule has 2 amide bonds. The van der Waals surface area contributed by atoms with Crippen molar-refractivity contribution in [1.29, 1.82) is 5.26 Å². The molecule has 2 aromatic carbocycles. The lowest BCUT2D eigenvalue weighted by Gasteiger charge is -2.26. The number of carbonyl (C=O) groups excluding carboxylic acids is 2. The van der Waals surface area contributed by atoms with Gasteiger partial charge in [-0.1, -0.05) is 61.0 Å². The van der Waals surface area contributed by atoms with Crippen molar-refractivity contribution in [3.8, 4) is 6.07 Å². The second-order valence-corrected chi connectivity index (χ2v) is 7.51. The van der Waals surface area contributed by atoms with E-state index in [9.17, 15) is 14.9 Å². The molecule has 1 N–H and O–H groups in total. The van der Waals surface area contributed by atoms with Gasteiger partial charge in [0, 0.05) is 11.6 Å². The lowest BCUT2D eigenvalue weighted by molar-refractivity contribution is -0.126. The second-order valence-electron chi connectivity index (χ2n) is 7.07. The van der Waals surface area contributed by atoms with Crippen LogP contribution in [0.25, 0.3) is 0 Å². The van der Waals surface area contributed by atoms with Crippen molar-refractivity contribution in [1.82, 2.24) is 10.2 Å². The van der Waals surface area contributed by atoms with Crippen LogP contribution >= 0.6 is 11.6 Å². The molecular weight excluding hydrogens is 390 g/mol. The summed E-state index contributed by atoms with van der Waals surface area (Å²) in [5.74, 6) is -0.420. The summed E-state index contributed by atoms with van der Waals surface area (Å²) in [6.45, 7) is 2.49. The molecule has 6 nitrogen and oxygen atoms in total. The molecule has 1 fully saturated rings. The fourth-order valence-electron chi connectivity index (χ4n) is 3.46. The van der Waals surface area contributed by atoms with E-state index in [0.29, 0.717) is 23.6 Å². The molecule has 150 valence electrons. The zero-order valence-corrected chi connectivity index (χ0v) is 16.8.